The lowest BCUT2D eigenvalue weighted by molar-refractivity contribution is -0.384. The van der Waals surface area contributed by atoms with Gasteiger partial charge in [-0.1, -0.05) is 0 Å². The zero-order valence-electron chi connectivity index (χ0n) is 8.87. The Bertz CT molecular complexity index is 488. The monoisotopic (exact) mass is 237 g/mol. The molecule has 0 bridgehead atoms. The Labute approximate surface area is 96.6 Å². The van der Waals surface area contributed by atoms with E-state index < -0.39 is 4.92 Å². The fourth-order valence-electron chi connectivity index (χ4n) is 1.81. The second kappa shape index (κ2) is 4.02. The summed E-state index contributed by atoms with van der Waals surface area (Å²) in [6.07, 6.45) is 0.183. The van der Waals surface area contributed by atoms with Gasteiger partial charge in [-0.2, -0.15) is 0 Å². The summed E-state index contributed by atoms with van der Waals surface area (Å²) in [6, 6.07) is 3.25. The number of hydrogen-bond acceptors (Lipinski definition) is 5. The number of nitro benzene ring substituents is 1. The summed E-state index contributed by atoms with van der Waals surface area (Å²) >= 11 is 0. The van der Waals surface area contributed by atoms with Crippen LogP contribution in [-0.2, 0) is 4.79 Å². The maximum Gasteiger partial charge on any atom is 0.271 e. The Morgan fingerprint density at radius 1 is 1.53 bits per heavy atom. The number of rotatable bonds is 2. The second-order valence-electron chi connectivity index (χ2n) is 3.90. The number of carbonyl (C=O) groups excluding carboxylic acids is 1. The molecule has 0 spiro atoms. The molecule has 1 unspecified atom stereocenters. The van der Waals surface area contributed by atoms with Gasteiger partial charge in [-0.05, 0) is 6.07 Å². The number of nitrogens with two attached hydrogens (primary N) is 1. The van der Waals surface area contributed by atoms with Gasteiger partial charge in [0.05, 0.1) is 10.6 Å². The van der Waals surface area contributed by atoms with E-state index in [1.165, 1.54) is 23.1 Å². The van der Waals surface area contributed by atoms with Crippen LogP contribution in [0.3, 0.4) is 0 Å². The van der Waals surface area contributed by atoms with Gasteiger partial charge in [-0.3, -0.25) is 14.9 Å². The fraction of sp³-hybridized carbons (Fsp3) is 0.300. The molecule has 7 heteroatoms. The van der Waals surface area contributed by atoms with Crippen molar-refractivity contribution in [1.29, 1.82) is 0 Å². The molecular formula is C10H11N3O4. The number of hydrogen-bond donors (Lipinski definition) is 2. The van der Waals surface area contributed by atoms with Crippen LogP contribution in [0.5, 0.6) is 5.75 Å². The highest BCUT2D eigenvalue weighted by atomic mass is 16.6. The predicted octanol–water partition coefficient (Wildman–Crippen LogP) is 0.364. The number of aromatic hydroxyl groups is 1. The minimum absolute atomic E-state index is 0.136. The van der Waals surface area contributed by atoms with Gasteiger partial charge in [-0.15, -0.1) is 0 Å². The van der Waals surface area contributed by atoms with Crippen molar-refractivity contribution >= 4 is 17.3 Å². The average molecular weight is 237 g/mol. The third-order valence-corrected chi connectivity index (χ3v) is 2.62. The first-order chi connectivity index (χ1) is 7.99. The lowest BCUT2D eigenvalue weighted by Crippen LogP contribution is -2.28. The maximum absolute atomic E-state index is 11.6. The summed E-state index contributed by atoms with van der Waals surface area (Å²) in [6.45, 7) is 0.258. The van der Waals surface area contributed by atoms with Gasteiger partial charge in [0.2, 0.25) is 5.91 Å². The van der Waals surface area contributed by atoms with Crippen LogP contribution in [0.4, 0.5) is 11.4 Å². The van der Waals surface area contributed by atoms with Crippen LogP contribution >= 0.6 is 0 Å². The van der Waals surface area contributed by atoms with Crippen molar-refractivity contribution < 1.29 is 14.8 Å². The van der Waals surface area contributed by atoms with E-state index in [4.69, 9.17) is 5.73 Å². The summed E-state index contributed by atoms with van der Waals surface area (Å²) < 4.78 is 0. The molecule has 0 aliphatic carbocycles. The largest absolute Gasteiger partial charge is 0.506 e. The van der Waals surface area contributed by atoms with E-state index in [-0.39, 0.29) is 42.0 Å². The SMILES string of the molecule is NC1CC(=O)N(c2cc([N+](=O)[O-])ccc2O)C1. The molecule has 1 amide bonds. The maximum atomic E-state index is 11.6. The van der Waals surface area contributed by atoms with Crippen LogP contribution in [0.1, 0.15) is 6.42 Å². The standard InChI is InChI=1S/C10H11N3O4/c11-6-3-10(15)12(5-6)8-4-7(13(16)17)1-2-9(8)14/h1-2,4,6,14H,3,5,11H2. The molecule has 1 aliphatic heterocycles. The van der Waals surface area contributed by atoms with Crippen molar-refractivity contribution in [2.45, 2.75) is 12.5 Å². The molecule has 1 aromatic rings. The predicted molar refractivity (Wildman–Crippen MR) is 59.7 cm³/mol. The van der Waals surface area contributed by atoms with E-state index in [1.807, 2.05) is 0 Å². The van der Waals surface area contributed by atoms with Gasteiger partial charge in [-0.25, -0.2) is 0 Å². The first-order valence-electron chi connectivity index (χ1n) is 5.02. The van der Waals surface area contributed by atoms with Crippen LogP contribution in [0.15, 0.2) is 18.2 Å². The van der Waals surface area contributed by atoms with E-state index in [2.05, 4.69) is 0 Å². The number of non-ortho nitro benzene ring substituents is 1. The highest BCUT2D eigenvalue weighted by molar-refractivity contribution is 5.97. The van der Waals surface area contributed by atoms with E-state index in [0.29, 0.717) is 0 Å². The third-order valence-electron chi connectivity index (χ3n) is 2.62. The molecule has 1 fully saturated rings. The van der Waals surface area contributed by atoms with Crippen molar-refractivity contribution in [3.05, 3.63) is 28.3 Å². The van der Waals surface area contributed by atoms with E-state index in [9.17, 15) is 20.0 Å². The van der Waals surface area contributed by atoms with Crippen LogP contribution in [0, 0.1) is 10.1 Å². The lowest BCUT2D eigenvalue weighted by Gasteiger charge is -2.16. The molecular weight excluding hydrogens is 226 g/mol. The number of nitrogens with zero attached hydrogens (tertiary/aromatic N) is 2. The summed E-state index contributed by atoms with van der Waals surface area (Å²) in [5.41, 5.74) is 5.58. The quantitative estimate of drug-likeness (QED) is 0.570. The minimum Gasteiger partial charge on any atom is -0.506 e. The summed E-state index contributed by atoms with van der Waals surface area (Å²) in [7, 11) is 0. The Kier molecular flexibility index (Phi) is 2.68. The average Bonchev–Trinajstić information content (AvgIpc) is 2.58. The molecule has 17 heavy (non-hydrogen) atoms. The Morgan fingerprint density at radius 2 is 2.24 bits per heavy atom. The van der Waals surface area contributed by atoms with Crippen LogP contribution in [-0.4, -0.2) is 28.5 Å². The Balaban J connectivity index is 2.41. The van der Waals surface area contributed by atoms with Crippen molar-refractivity contribution in [3.63, 3.8) is 0 Å². The minimum atomic E-state index is -0.580. The highest BCUT2D eigenvalue weighted by Gasteiger charge is 2.30. The number of anilines is 1. The fourth-order valence-corrected chi connectivity index (χ4v) is 1.81. The highest BCUT2D eigenvalue weighted by Crippen LogP contribution is 2.33. The van der Waals surface area contributed by atoms with E-state index in [1.54, 1.807) is 0 Å². The van der Waals surface area contributed by atoms with Crippen molar-refractivity contribution in [2.24, 2.45) is 5.73 Å². The number of carbonyl (C=O) groups is 1. The molecule has 0 aromatic heterocycles. The van der Waals surface area contributed by atoms with Gasteiger partial charge >= 0.3 is 0 Å². The first kappa shape index (κ1) is 11.3. The second-order valence-corrected chi connectivity index (χ2v) is 3.90. The molecule has 1 atom stereocenters. The number of amides is 1. The van der Waals surface area contributed by atoms with Crippen molar-refractivity contribution in [1.82, 2.24) is 0 Å². The molecule has 1 aliphatic rings. The van der Waals surface area contributed by atoms with Crippen molar-refractivity contribution in [3.8, 4) is 5.75 Å². The molecule has 90 valence electrons. The number of benzene rings is 1. The molecule has 1 aromatic carbocycles. The lowest BCUT2D eigenvalue weighted by atomic mass is 10.2. The van der Waals surface area contributed by atoms with Crippen LogP contribution in [0.2, 0.25) is 0 Å². The molecule has 7 nitrogen and oxygen atoms in total. The summed E-state index contributed by atoms with van der Waals surface area (Å²) in [4.78, 5) is 22.9. The molecule has 1 saturated heterocycles. The molecule has 0 saturated carbocycles. The van der Waals surface area contributed by atoms with Gasteiger partial charge in [0.1, 0.15) is 5.75 Å². The third kappa shape index (κ3) is 2.04. The van der Waals surface area contributed by atoms with E-state index >= 15 is 0 Å². The molecule has 3 N–H and O–H groups in total. The first-order valence-corrected chi connectivity index (χ1v) is 5.02. The number of nitro groups is 1. The smallest absolute Gasteiger partial charge is 0.271 e. The van der Waals surface area contributed by atoms with Gasteiger partial charge in [0, 0.05) is 31.1 Å². The zero-order valence-corrected chi connectivity index (χ0v) is 8.87. The summed E-state index contributed by atoms with van der Waals surface area (Å²) in [5.74, 6) is -0.411. The topological polar surface area (TPSA) is 110 Å². The zero-order chi connectivity index (χ0) is 12.6. The van der Waals surface area contributed by atoms with Crippen LogP contribution < -0.4 is 10.6 Å². The number of phenols is 1. The van der Waals surface area contributed by atoms with Crippen LogP contribution in [0.25, 0.3) is 0 Å². The Morgan fingerprint density at radius 3 is 2.76 bits per heavy atom. The van der Waals surface area contributed by atoms with Gasteiger partial charge in [0.25, 0.3) is 5.69 Å². The van der Waals surface area contributed by atoms with E-state index in [0.717, 1.165) is 0 Å². The summed E-state index contributed by atoms with van der Waals surface area (Å²) in [5, 5.41) is 20.2. The molecule has 1 heterocycles. The normalized spacial score (nSPS) is 19.7. The Hall–Kier alpha value is -2.15. The van der Waals surface area contributed by atoms with Crippen molar-refractivity contribution in [2.75, 3.05) is 11.4 Å². The van der Waals surface area contributed by atoms with Gasteiger partial charge < -0.3 is 15.7 Å². The number of phenolic OH excluding ortho intramolecular Hbond substituents is 1. The molecule has 0 radical (unpaired) electrons. The molecule has 2 rings (SSSR count). The van der Waals surface area contributed by atoms with Gasteiger partial charge in [0.15, 0.2) is 0 Å².